The largest absolute Gasteiger partial charge is 0.459 e. The van der Waals surface area contributed by atoms with Crippen molar-refractivity contribution in [3.8, 4) is 0 Å². The van der Waals surface area contributed by atoms with Gasteiger partial charge in [-0.05, 0) is 47.0 Å². The molecule has 106 valence electrons. The molecule has 0 amide bonds. The van der Waals surface area contributed by atoms with Crippen molar-refractivity contribution in [3.05, 3.63) is 28.2 Å². The smallest absolute Gasteiger partial charge is 0.338 e. The predicted molar refractivity (Wildman–Crippen MR) is 75.2 cm³/mol. The molecule has 0 aliphatic carbocycles. The number of halogens is 1. The Kier molecular flexibility index (Phi) is 5.11. The van der Waals surface area contributed by atoms with Gasteiger partial charge >= 0.3 is 5.97 Å². The van der Waals surface area contributed by atoms with Crippen LogP contribution in [0.4, 0.5) is 0 Å². The zero-order valence-corrected chi connectivity index (χ0v) is 13.3. The van der Waals surface area contributed by atoms with Gasteiger partial charge in [-0.2, -0.15) is 0 Å². The number of rotatable bonds is 4. The molecule has 5 nitrogen and oxygen atoms in total. The number of carbonyl (C=O) groups excluding carboxylic acids is 1. The zero-order valence-electron chi connectivity index (χ0n) is 10.9. The summed E-state index contributed by atoms with van der Waals surface area (Å²) in [6.45, 7) is 5.63. The van der Waals surface area contributed by atoms with E-state index in [9.17, 15) is 13.2 Å². The van der Waals surface area contributed by atoms with E-state index >= 15 is 0 Å². The molecule has 1 atom stereocenters. The first-order valence-electron chi connectivity index (χ1n) is 5.66. The molecule has 19 heavy (non-hydrogen) atoms. The number of sulfonamides is 1. The van der Waals surface area contributed by atoms with E-state index in [1.807, 2.05) is 13.8 Å². The van der Waals surface area contributed by atoms with E-state index in [0.29, 0.717) is 4.47 Å². The van der Waals surface area contributed by atoms with Gasteiger partial charge in [-0.25, -0.2) is 18.4 Å². The average molecular weight is 350 g/mol. The second-order valence-electron chi connectivity index (χ2n) is 4.54. The van der Waals surface area contributed by atoms with E-state index in [-0.39, 0.29) is 22.5 Å². The fourth-order valence-corrected chi connectivity index (χ4v) is 2.78. The molecule has 0 spiro atoms. The predicted octanol–water partition coefficient (Wildman–Crippen LogP) is 2.30. The number of esters is 1. The van der Waals surface area contributed by atoms with E-state index in [1.165, 1.54) is 18.2 Å². The molecule has 1 aromatic rings. The fraction of sp³-hybridized carbons (Fsp3) is 0.417. The highest BCUT2D eigenvalue weighted by Crippen LogP contribution is 2.23. The number of hydrogen-bond acceptors (Lipinski definition) is 4. The molecule has 0 saturated carbocycles. The quantitative estimate of drug-likeness (QED) is 0.844. The van der Waals surface area contributed by atoms with Gasteiger partial charge in [-0.3, -0.25) is 0 Å². The summed E-state index contributed by atoms with van der Waals surface area (Å²) in [7, 11) is -3.89. The zero-order chi connectivity index (χ0) is 14.8. The van der Waals surface area contributed by atoms with Crippen LogP contribution in [0.15, 0.2) is 27.6 Å². The van der Waals surface area contributed by atoms with E-state index in [1.54, 1.807) is 6.92 Å². The standard InChI is InChI=1S/C12H16BrNO4S/c1-7(2)8(3)18-12(15)9-4-5-10(13)11(6-9)19(14,16)17/h4-8H,1-3H3,(H2,14,16,17). The molecule has 1 unspecified atom stereocenters. The molecule has 0 radical (unpaired) electrons. The molecule has 7 heteroatoms. The minimum Gasteiger partial charge on any atom is -0.459 e. The summed E-state index contributed by atoms with van der Waals surface area (Å²) in [6, 6.07) is 4.14. The third kappa shape index (κ3) is 4.29. The van der Waals surface area contributed by atoms with Crippen LogP contribution in [0.25, 0.3) is 0 Å². The first-order chi connectivity index (χ1) is 8.62. The Bertz CT molecular complexity index is 583. The van der Waals surface area contributed by atoms with Crippen molar-refractivity contribution in [1.29, 1.82) is 0 Å². The molecular weight excluding hydrogens is 334 g/mol. The minimum absolute atomic E-state index is 0.140. The Balaban J connectivity index is 3.07. The number of nitrogens with two attached hydrogens (primary N) is 1. The van der Waals surface area contributed by atoms with Gasteiger partial charge in [-0.1, -0.05) is 13.8 Å². The summed E-state index contributed by atoms with van der Waals surface area (Å²) >= 11 is 3.08. The van der Waals surface area contributed by atoms with Crippen LogP contribution < -0.4 is 5.14 Å². The summed E-state index contributed by atoms with van der Waals surface area (Å²) < 4.78 is 28.2. The minimum atomic E-state index is -3.89. The summed E-state index contributed by atoms with van der Waals surface area (Å²) in [5.41, 5.74) is 0.153. The summed E-state index contributed by atoms with van der Waals surface area (Å²) in [5.74, 6) is -0.393. The van der Waals surface area contributed by atoms with Gasteiger partial charge in [-0.15, -0.1) is 0 Å². The Morgan fingerprint density at radius 1 is 1.32 bits per heavy atom. The maximum absolute atomic E-state index is 11.9. The molecule has 1 rings (SSSR count). The monoisotopic (exact) mass is 349 g/mol. The molecular formula is C12H16BrNO4S. The Hall–Kier alpha value is -0.920. The second kappa shape index (κ2) is 6.02. The van der Waals surface area contributed by atoms with Gasteiger partial charge in [0.15, 0.2) is 0 Å². The molecule has 0 fully saturated rings. The van der Waals surface area contributed by atoms with Gasteiger partial charge in [0.25, 0.3) is 0 Å². The summed E-state index contributed by atoms with van der Waals surface area (Å²) in [4.78, 5) is 11.7. The van der Waals surface area contributed by atoms with Crippen LogP contribution in [0.1, 0.15) is 31.1 Å². The summed E-state index contributed by atoms with van der Waals surface area (Å²) in [5, 5.41) is 5.07. The lowest BCUT2D eigenvalue weighted by Crippen LogP contribution is -2.21. The first kappa shape index (κ1) is 16.1. The van der Waals surface area contributed by atoms with Crippen LogP contribution in [0.2, 0.25) is 0 Å². The Morgan fingerprint density at radius 3 is 2.37 bits per heavy atom. The SMILES string of the molecule is CC(C)C(C)OC(=O)c1ccc(Br)c(S(N)(=O)=O)c1. The van der Waals surface area contributed by atoms with Crippen LogP contribution in [0, 0.1) is 5.92 Å². The molecule has 0 aromatic heterocycles. The van der Waals surface area contributed by atoms with Crippen molar-refractivity contribution >= 4 is 31.9 Å². The van der Waals surface area contributed by atoms with Gasteiger partial charge in [0.1, 0.15) is 6.10 Å². The number of carbonyl (C=O) groups is 1. The van der Waals surface area contributed by atoms with Crippen LogP contribution >= 0.6 is 15.9 Å². The highest BCUT2D eigenvalue weighted by atomic mass is 79.9. The van der Waals surface area contributed by atoms with E-state index in [4.69, 9.17) is 9.88 Å². The number of hydrogen-bond donors (Lipinski definition) is 1. The van der Waals surface area contributed by atoms with Crippen molar-refractivity contribution < 1.29 is 17.9 Å². The van der Waals surface area contributed by atoms with Gasteiger partial charge in [0.2, 0.25) is 10.0 Å². The van der Waals surface area contributed by atoms with Crippen LogP contribution in [0.3, 0.4) is 0 Å². The lowest BCUT2D eigenvalue weighted by molar-refractivity contribution is 0.0237. The number of ether oxygens (including phenoxy) is 1. The second-order valence-corrected chi connectivity index (χ2v) is 6.93. The van der Waals surface area contributed by atoms with Crippen LogP contribution in [-0.2, 0) is 14.8 Å². The van der Waals surface area contributed by atoms with Gasteiger partial charge in [0.05, 0.1) is 10.5 Å². The Morgan fingerprint density at radius 2 is 1.89 bits per heavy atom. The van der Waals surface area contributed by atoms with E-state index in [0.717, 1.165) is 0 Å². The van der Waals surface area contributed by atoms with E-state index < -0.39 is 16.0 Å². The van der Waals surface area contributed by atoms with Crippen molar-refractivity contribution in [1.82, 2.24) is 0 Å². The molecule has 0 heterocycles. The lowest BCUT2D eigenvalue weighted by Gasteiger charge is -2.16. The third-order valence-corrected chi connectivity index (χ3v) is 4.61. The molecule has 0 saturated heterocycles. The van der Waals surface area contributed by atoms with Crippen molar-refractivity contribution in [2.24, 2.45) is 11.1 Å². The van der Waals surface area contributed by atoms with Crippen LogP contribution in [-0.4, -0.2) is 20.5 Å². The van der Waals surface area contributed by atoms with Gasteiger partial charge < -0.3 is 4.74 Å². The molecule has 0 bridgehead atoms. The van der Waals surface area contributed by atoms with Crippen molar-refractivity contribution in [2.75, 3.05) is 0 Å². The van der Waals surface area contributed by atoms with Crippen LogP contribution in [0.5, 0.6) is 0 Å². The highest BCUT2D eigenvalue weighted by molar-refractivity contribution is 9.10. The van der Waals surface area contributed by atoms with Gasteiger partial charge in [0, 0.05) is 4.47 Å². The third-order valence-electron chi connectivity index (χ3n) is 2.71. The molecule has 1 aromatic carbocycles. The highest BCUT2D eigenvalue weighted by Gasteiger charge is 2.19. The first-order valence-corrected chi connectivity index (χ1v) is 8.00. The number of benzene rings is 1. The Labute approximate surface area is 121 Å². The lowest BCUT2D eigenvalue weighted by atomic mass is 10.1. The molecule has 0 aliphatic rings. The topological polar surface area (TPSA) is 86.5 Å². The van der Waals surface area contributed by atoms with Crippen molar-refractivity contribution in [3.63, 3.8) is 0 Å². The van der Waals surface area contributed by atoms with Crippen molar-refractivity contribution in [2.45, 2.75) is 31.8 Å². The molecule has 2 N–H and O–H groups in total. The average Bonchev–Trinajstić information content (AvgIpc) is 2.27. The normalized spacial score (nSPS) is 13.4. The number of primary sulfonamides is 1. The maximum atomic E-state index is 11.9. The fourth-order valence-electron chi connectivity index (χ4n) is 1.22. The maximum Gasteiger partial charge on any atom is 0.338 e. The van der Waals surface area contributed by atoms with E-state index in [2.05, 4.69) is 15.9 Å². The molecule has 0 aliphatic heterocycles. The summed E-state index contributed by atoms with van der Waals surface area (Å²) in [6.07, 6.45) is -0.255.